The highest BCUT2D eigenvalue weighted by atomic mass is 79.9. The summed E-state index contributed by atoms with van der Waals surface area (Å²) < 4.78 is 19.8. The third-order valence-electron chi connectivity index (χ3n) is 2.66. The highest BCUT2D eigenvalue weighted by Crippen LogP contribution is 2.33. The average molecular weight is 393 g/mol. The van der Waals surface area contributed by atoms with Crippen molar-refractivity contribution in [3.63, 3.8) is 0 Å². The molecule has 0 aliphatic rings. The van der Waals surface area contributed by atoms with Gasteiger partial charge in [0.25, 0.3) is 0 Å². The Morgan fingerprint density at radius 2 is 2.10 bits per heavy atom. The van der Waals surface area contributed by atoms with Crippen LogP contribution >= 0.6 is 39.1 Å². The highest BCUT2D eigenvalue weighted by molar-refractivity contribution is 9.10. The lowest BCUT2D eigenvalue weighted by Gasteiger charge is -2.13. The van der Waals surface area contributed by atoms with Crippen molar-refractivity contribution < 1.29 is 14.3 Å². The minimum Gasteiger partial charge on any atom is -0.487 e. The Morgan fingerprint density at radius 1 is 1.33 bits per heavy atom. The maximum atomic E-state index is 13.7. The Kier molecular flexibility index (Phi) is 5.45. The average Bonchev–Trinajstić information content (AvgIpc) is 2.40. The highest BCUT2D eigenvalue weighted by Gasteiger charge is 2.13. The first-order valence-corrected chi connectivity index (χ1v) is 7.30. The molecular formula is C14H9BrCl2FNO2. The molecule has 0 aliphatic heterocycles. The summed E-state index contributed by atoms with van der Waals surface area (Å²) in [6.45, 7) is -0.0714. The van der Waals surface area contributed by atoms with Crippen molar-refractivity contribution in [3.05, 3.63) is 61.8 Å². The van der Waals surface area contributed by atoms with Gasteiger partial charge in [-0.05, 0) is 40.2 Å². The van der Waals surface area contributed by atoms with E-state index in [9.17, 15) is 4.39 Å². The van der Waals surface area contributed by atoms with Gasteiger partial charge in [0.05, 0.1) is 15.7 Å². The molecule has 2 aromatic carbocycles. The fourth-order valence-corrected chi connectivity index (χ4v) is 2.87. The largest absolute Gasteiger partial charge is 0.487 e. The van der Waals surface area contributed by atoms with E-state index < -0.39 is 5.82 Å². The molecule has 0 saturated heterocycles. The van der Waals surface area contributed by atoms with E-state index >= 15 is 0 Å². The number of hydrogen-bond acceptors (Lipinski definition) is 3. The van der Waals surface area contributed by atoms with Crippen molar-refractivity contribution in [2.24, 2.45) is 5.16 Å². The van der Waals surface area contributed by atoms with Gasteiger partial charge in [0.1, 0.15) is 18.2 Å². The van der Waals surface area contributed by atoms with Gasteiger partial charge in [0.15, 0.2) is 0 Å². The van der Waals surface area contributed by atoms with Gasteiger partial charge in [-0.3, -0.25) is 0 Å². The molecule has 0 saturated carbocycles. The number of benzene rings is 2. The lowest BCUT2D eigenvalue weighted by molar-refractivity contribution is 0.296. The first kappa shape index (κ1) is 16.1. The molecule has 2 rings (SSSR count). The lowest BCUT2D eigenvalue weighted by Crippen LogP contribution is -2.02. The number of hydrogen-bond donors (Lipinski definition) is 1. The van der Waals surface area contributed by atoms with E-state index in [0.29, 0.717) is 20.8 Å². The van der Waals surface area contributed by atoms with Crippen molar-refractivity contribution in [3.8, 4) is 5.75 Å². The smallest absolute Gasteiger partial charge is 0.142 e. The molecule has 2 aromatic rings. The minimum absolute atomic E-state index is 0.0714. The number of ether oxygens (including phenoxy) is 1. The Bertz CT molecular complexity index is 675. The summed E-state index contributed by atoms with van der Waals surface area (Å²) in [6.07, 6.45) is 1.18. The number of nitrogens with zero attached hydrogens (tertiary/aromatic N) is 1. The Hall–Kier alpha value is -1.30. The fourth-order valence-electron chi connectivity index (χ4n) is 1.71. The Morgan fingerprint density at radius 3 is 2.76 bits per heavy atom. The summed E-state index contributed by atoms with van der Waals surface area (Å²) in [5.74, 6) is -0.0820. The molecule has 0 amide bonds. The van der Waals surface area contributed by atoms with Gasteiger partial charge in [-0.15, -0.1) is 0 Å². The van der Waals surface area contributed by atoms with Crippen LogP contribution < -0.4 is 4.74 Å². The summed E-state index contributed by atoms with van der Waals surface area (Å²) in [5.41, 5.74) is 0.692. The monoisotopic (exact) mass is 391 g/mol. The molecule has 0 bridgehead atoms. The van der Waals surface area contributed by atoms with Crippen LogP contribution in [0.5, 0.6) is 5.75 Å². The molecule has 0 aliphatic carbocycles. The predicted octanol–water partition coefficient (Wildman–Crippen LogP) is 5.28. The van der Waals surface area contributed by atoms with Crippen molar-refractivity contribution in [1.82, 2.24) is 0 Å². The van der Waals surface area contributed by atoms with E-state index in [4.69, 9.17) is 33.1 Å². The van der Waals surface area contributed by atoms with Crippen LogP contribution in [-0.4, -0.2) is 11.4 Å². The van der Waals surface area contributed by atoms with Crippen LogP contribution in [-0.2, 0) is 6.61 Å². The van der Waals surface area contributed by atoms with Gasteiger partial charge in [-0.2, -0.15) is 0 Å². The quantitative estimate of drug-likeness (QED) is 0.436. The van der Waals surface area contributed by atoms with Gasteiger partial charge >= 0.3 is 0 Å². The standard InChI is InChI=1S/C14H9BrCl2FNO2/c15-11-5-9(16)4-8(6-19-20)14(11)21-7-10-12(17)2-1-3-13(10)18/h1-6,20H,7H2. The maximum absolute atomic E-state index is 13.7. The van der Waals surface area contributed by atoms with E-state index in [2.05, 4.69) is 21.1 Å². The molecule has 0 fully saturated rings. The molecule has 1 N–H and O–H groups in total. The third kappa shape index (κ3) is 3.87. The van der Waals surface area contributed by atoms with Crippen LogP contribution in [0.3, 0.4) is 0 Å². The number of oxime groups is 1. The topological polar surface area (TPSA) is 41.8 Å². The van der Waals surface area contributed by atoms with Gasteiger partial charge < -0.3 is 9.94 Å². The summed E-state index contributed by atoms with van der Waals surface area (Å²) in [5, 5.41) is 12.3. The zero-order valence-electron chi connectivity index (χ0n) is 10.5. The van der Waals surface area contributed by atoms with Gasteiger partial charge in [-0.25, -0.2) is 4.39 Å². The second-order valence-corrected chi connectivity index (χ2v) is 5.74. The van der Waals surface area contributed by atoms with Crippen LogP contribution in [0, 0.1) is 5.82 Å². The molecule has 0 heterocycles. The molecule has 7 heteroatoms. The SMILES string of the molecule is ON=Cc1cc(Cl)cc(Br)c1OCc1c(F)cccc1Cl. The van der Waals surface area contributed by atoms with Gasteiger partial charge in [0.2, 0.25) is 0 Å². The van der Waals surface area contributed by atoms with Crippen molar-refractivity contribution >= 4 is 45.3 Å². The predicted molar refractivity (Wildman–Crippen MR) is 84.3 cm³/mol. The van der Waals surface area contributed by atoms with E-state index in [1.54, 1.807) is 18.2 Å². The molecule has 0 radical (unpaired) electrons. The summed E-state index contributed by atoms with van der Waals surface area (Å²) in [6, 6.07) is 7.58. The molecule has 0 aromatic heterocycles. The van der Waals surface area contributed by atoms with Crippen LogP contribution in [0.25, 0.3) is 0 Å². The van der Waals surface area contributed by atoms with Crippen molar-refractivity contribution in [2.75, 3.05) is 0 Å². The summed E-state index contributed by atoms with van der Waals surface area (Å²) in [4.78, 5) is 0. The van der Waals surface area contributed by atoms with E-state index in [0.717, 1.165) is 0 Å². The second-order valence-electron chi connectivity index (χ2n) is 4.04. The normalized spacial score (nSPS) is 11.0. The number of halogens is 4. The molecular weight excluding hydrogens is 384 g/mol. The molecule has 3 nitrogen and oxygen atoms in total. The number of rotatable bonds is 4. The van der Waals surface area contributed by atoms with Crippen molar-refractivity contribution in [1.29, 1.82) is 0 Å². The first-order chi connectivity index (χ1) is 10.0. The third-order valence-corrected chi connectivity index (χ3v) is 3.82. The Balaban J connectivity index is 2.32. The molecule has 21 heavy (non-hydrogen) atoms. The van der Waals surface area contributed by atoms with Crippen LogP contribution in [0.2, 0.25) is 10.0 Å². The first-order valence-electron chi connectivity index (χ1n) is 5.75. The second kappa shape index (κ2) is 7.11. The molecule has 110 valence electrons. The zero-order chi connectivity index (χ0) is 15.4. The maximum Gasteiger partial charge on any atom is 0.142 e. The van der Waals surface area contributed by atoms with E-state index in [1.165, 1.54) is 18.3 Å². The fraction of sp³-hybridized carbons (Fsp3) is 0.0714. The van der Waals surface area contributed by atoms with Gasteiger partial charge in [0, 0.05) is 16.1 Å². The molecule has 0 unspecified atom stereocenters. The Labute approximate surface area is 139 Å². The van der Waals surface area contributed by atoms with Crippen molar-refractivity contribution in [2.45, 2.75) is 6.61 Å². The van der Waals surface area contributed by atoms with E-state index in [1.807, 2.05) is 0 Å². The summed E-state index contributed by atoms with van der Waals surface area (Å²) >= 11 is 15.2. The molecule has 0 spiro atoms. The van der Waals surface area contributed by atoms with Crippen LogP contribution in [0.15, 0.2) is 40.0 Å². The van der Waals surface area contributed by atoms with E-state index in [-0.39, 0.29) is 17.2 Å². The lowest BCUT2D eigenvalue weighted by atomic mass is 10.2. The van der Waals surface area contributed by atoms with Crippen LogP contribution in [0.1, 0.15) is 11.1 Å². The molecule has 0 atom stereocenters. The minimum atomic E-state index is -0.454. The van der Waals surface area contributed by atoms with Crippen LogP contribution in [0.4, 0.5) is 4.39 Å². The zero-order valence-corrected chi connectivity index (χ0v) is 13.6. The summed E-state index contributed by atoms with van der Waals surface area (Å²) in [7, 11) is 0. The van der Waals surface area contributed by atoms with Gasteiger partial charge in [-0.1, -0.05) is 34.4 Å².